The SMILES string of the molecule is CC(=O)N1CCN(Cc2nc3ccccc3n2C)C(c2ccccc2)C1. The molecule has 1 aliphatic heterocycles. The van der Waals surface area contributed by atoms with Crippen LogP contribution in [-0.4, -0.2) is 44.9 Å². The molecule has 0 spiro atoms. The minimum atomic E-state index is 0.147. The molecule has 134 valence electrons. The summed E-state index contributed by atoms with van der Waals surface area (Å²) in [6.45, 7) is 4.77. The van der Waals surface area contributed by atoms with E-state index in [1.807, 2.05) is 23.1 Å². The van der Waals surface area contributed by atoms with E-state index in [0.29, 0.717) is 0 Å². The number of imidazole rings is 1. The number of benzene rings is 2. The van der Waals surface area contributed by atoms with Gasteiger partial charge in [-0.1, -0.05) is 42.5 Å². The van der Waals surface area contributed by atoms with Gasteiger partial charge in [-0.25, -0.2) is 4.98 Å². The minimum Gasteiger partial charge on any atom is -0.340 e. The molecule has 0 bridgehead atoms. The zero-order chi connectivity index (χ0) is 18.1. The summed E-state index contributed by atoms with van der Waals surface area (Å²) >= 11 is 0. The van der Waals surface area contributed by atoms with Crippen molar-refractivity contribution in [1.82, 2.24) is 19.4 Å². The number of piperazine rings is 1. The number of hydrogen-bond donors (Lipinski definition) is 0. The van der Waals surface area contributed by atoms with Crippen LogP contribution in [0.25, 0.3) is 11.0 Å². The van der Waals surface area contributed by atoms with Gasteiger partial charge in [-0.3, -0.25) is 9.69 Å². The van der Waals surface area contributed by atoms with E-state index in [0.717, 1.165) is 43.0 Å². The highest BCUT2D eigenvalue weighted by molar-refractivity contribution is 5.75. The van der Waals surface area contributed by atoms with Crippen LogP contribution >= 0.6 is 0 Å². The van der Waals surface area contributed by atoms with E-state index in [1.165, 1.54) is 5.56 Å². The zero-order valence-corrected chi connectivity index (χ0v) is 15.3. The Morgan fingerprint density at radius 3 is 2.54 bits per heavy atom. The molecule has 5 nitrogen and oxygen atoms in total. The molecule has 1 saturated heterocycles. The Morgan fingerprint density at radius 1 is 1.08 bits per heavy atom. The van der Waals surface area contributed by atoms with Crippen LogP contribution in [0.2, 0.25) is 0 Å². The van der Waals surface area contributed by atoms with Crippen LogP contribution in [-0.2, 0) is 18.4 Å². The molecule has 5 heteroatoms. The van der Waals surface area contributed by atoms with Gasteiger partial charge in [0, 0.05) is 33.6 Å². The predicted molar refractivity (Wildman–Crippen MR) is 103 cm³/mol. The van der Waals surface area contributed by atoms with Gasteiger partial charge in [-0.15, -0.1) is 0 Å². The molecule has 1 atom stereocenters. The fraction of sp³-hybridized carbons (Fsp3) is 0.333. The van der Waals surface area contributed by atoms with Gasteiger partial charge in [0.1, 0.15) is 5.82 Å². The Kier molecular flexibility index (Phi) is 4.47. The summed E-state index contributed by atoms with van der Waals surface area (Å²) in [4.78, 5) is 21.1. The zero-order valence-electron chi connectivity index (χ0n) is 15.3. The van der Waals surface area contributed by atoms with Gasteiger partial charge in [-0.2, -0.15) is 0 Å². The number of rotatable bonds is 3. The fourth-order valence-electron chi connectivity index (χ4n) is 3.81. The van der Waals surface area contributed by atoms with E-state index in [1.54, 1.807) is 6.92 Å². The Balaban J connectivity index is 1.64. The van der Waals surface area contributed by atoms with E-state index in [4.69, 9.17) is 4.98 Å². The number of para-hydroxylation sites is 2. The Hall–Kier alpha value is -2.66. The van der Waals surface area contributed by atoms with E-state index in [-0.39, 0.29) is 11.9 Å². The van der Waals surface area contributed by atoms with E-state index < -0.39 is 0 Å². The molecular weight excluding hydrogens is 324 g/mol. The summed E-state index contributed by atoms with van der Waals surface area (Å²) in [5, 5.41) is 0. The number of aromatic nitrogens is 2. The molecule has 4 rings (SSSR count). The number of carbonyl (C=O) groups excluding carboxylic acids is 1. The minimum absolute atomic E-state index is 0.147. The fourth-order valence-corrected chi connectivity index (χ4v) is 3.81. The number of aryl methyl sites for hydroxylation is 1. The third-order valence-electron chi connectivity index (χ3n) is 5.35. The molecule has 2 aromatic carbocycles. The van der Waals surface area contributed by atoms with Crippen LogP contribution in [0.5, 0.6) is 0 Å². The Bertz CT molecular complexity index is 918. The maximum Gasteiger partial charge on any atom is 0.219 e. The number of nitrogens with zero attached hydrogens (tertiary/aromatic N) is 4. The van der Waals surface area contributed by atoms with Crippen LogP contribution in [0.4, 0.5) is 0 Å². The van der Waals surface area contributed by atoms with Crippen molar-refractivity contribution in [2.45, 2.75) is 19.5 Å². The lowest BCUT2D eigenvalue weighted by Crippen LogP contribution is -2.49. The summed E-state index contributed by atoms with van der Waals surface area (Å²) in [6.07, 6.45) is 0. The van der Waals surface area contributed by atoms with Crippen molar-refractivity contribution in [2.24, 2.45) is 7.05 Å². The first-order chi connectivity index (χ1) is 12.6. The van der Waals surface area contributed by atoms with Gasteiger partial charge in [0.15, 0.2) is 0 Å². The van der Waals surface area contributed by atoms with Crippen molar-refractivity contribution in [3.63, 3.8) is 0 Å². The summed E-state index contributed by atoms with van der Waals surface area (Å²) in [5.74, 6) is 1.21. The van der Waals surface area contributed by atoms with Crippen LogP contribution in [0, 0.1) is 0 Å². The first-order valence-electron chi connectivity index (χ1n) is 9.08. The number of carbonyl (C=O) groups is 1. The smallest absolute Gasteiger partial charge is 0.219 e. The van der Waals surface area contributed by atoms with Crippen LogP contribution in [0.1, 0.15) is 24.4 Å². The number of fused-ring (bicyclic) bond motifs is 1. The molecule has 3 aromatic rings. The number of amides is 1. The lowest BCUT2D eigenvalue weighted by Gasteiger charge is -2.41. The van der Waals surface area contributed by atoms with Gasteiger partial charge < -0.3 is 9.47 Å². The maximum atomic E-state index is 11.9. The maximum absolute atomic E-state index is 11.9. The number of hydrogen-bond acceptors (Lipinski definition) is 3. The van der Waals surface area contributed by atoms with Crippen molar-refractivity contribution >= 4 is 16.9 Å². The molecule has 0 N–H and O–H groups in total. The normalized spacial score (nSPS) is 18.4. The molecule has 1 fully saturated rings. The van der Waals surface area contributed by atoms with Crippen molar-refractivity contribution in [3.8, 4) is 0 Å². The lowest BCUT2D eigenvalue weighted by molar-refractivity contribution is -0.132. The van der Waals surface area contributed by atoms with Gasteiger partial charge in [0.2, 0.25) is 5.91 Å². The standard InChI is InChI=1S/C21H24N4O/c1-16(26)24-12-13-25(20(14-24)17-8-4-3-5-9-17)15-21-22-18-10-6-7-11-19(18)23(21)2/h3-11,20H,12-15H2,1-2H3. The predicted octanol–water partition coefficient (Wildman–Crippen LogP) is 2.98. The average Bonchev–Trinajstić information content (AvgIpc) is 2.98. The molecule has 2 heterocycles. The largest absolute Gasteiger partial charge is 0.340 e. The van der Waals surface area contributed by atoms with Crippen LogP contribution in [0.15, 0.2) is 54.6 Å². The third kappa shape index (κ3) is 3.10. The van der Waals surface area contributed by atoms with Crippen molar-refractivity contribution in [1.29, 1.82) is 0 Å². The summed E-state index contributed by atoms with van der Waals surface area (Å²) in [7, 11) is 2.08. The van der Waals surface area contributed by atoms with E-state index in [2.05, 4.69) is 52.9 Å². The molecular formula is C21H24N4O. The van der Waals surface area contributed by atoms with Crippen LogP contribution < -0.4 is 0 Å². The van der Waals surface area contributed by atoms with Gasteiger partial charge in [0.05, 0.1) is 23.6 Å². The lowest BCUT2D eigenvalue weighted by atomic mass is 10.0. The van der Waals surface area contributed by atoms with Gasteiger partial charge in [0.25, 0.3) is 0 Å². The second-order valence-electron chi connectivity index (χ2n) is 6.94. The topological polar surface area (TPSA) is 41.4 Å². The first kappa shape index (κ1) is 16.8. The molecule has 1 unspecified atom stereocenters. The highest BCUT2D eigenvalue weighted by atomic mass is 16.2. The van der Waals surface area contributed by atoms with Crippen LogP contribution in [0.3, 0.4) is 0 Å². The Morgan fingerprint density at radius 2 is 1.81 bits per heavy atom. The molecule has 0 saturated carbocycles. The quantitative estimate of drug-likeness (QED) is 0.731. The first-order valence-corrected chi connectivity index (χ1v) is 9.08. The van der Waals surface area contributed by atoms with Crippen molar-refractivity contribution in [3.05, 3.63) is 66.0 Å². The second kappa shape index (κ2) is 6.92. The molecule has 1 aliphatic rings. The highest BCUT2D eigenvalue weighted by Crippen LogP contribution is 2.27. The van der Waals surface area contributed by atoms with Gasteiger partial charge in [-0.05, 0) is 17.7 Å². The summed E-state index contributed by atoms with van der Waals surface area (Å²) < 4.78 is 2.18. The van der Waals surface area contributed by atoms with E-state index in [9.17, 15) is 4.79 Å². The highest BCUT2D eigenvalue weighted by Gasteiger charge is 2.30. The molecule has 26 heavy (non-hydrogen) atoms. The van der Waals surface area contributed by atoms with Crippen molar-refractivity contribution < 1.29 is 4.79 Å². The Labute approximate surface area is 153 Å². The molecule has 1 aromatic heterocycles. The van der Waals surface area contributed by atoms with E-state index >= 15 is 0 Å². The molecule has 0 aliphatic carbocycles. The monoisotopic (exact) mass is 348 g/mol. The van der Waals surface area contributed by atoms with Gasteiger partial charge >= 0.3 is 0 Å². The van der Waals surface area contributed by atoms with Crippen molar-refractivity contribution in [2.75, 3.05) is 19.6 Å². The summed E-state index contributed by atoms with van der Waals surface area (Å²) in [5.41, 5.74) is 3.43. The average molecular weight is 348 g/mol. The summed E-state index contributed by atoms with van der Waals surface area (Å²) in [6, 6.07) is 18.9. The second-order valence-corrected chi connectivity index (χ2v) is 6.94. The molecule has 0 radical (unpaired) electrons. The molecule has 1 amide bonds. The third-order valence-corrected chi connectivity index (χ3v) is 5.35.